The van der Waals surface area contributed by atoms with Gasteiger partial charge in [-0.25, -0.2) is 10.8 Å². The number of nitrogens with two attached hydrogens (primary N) is 1. The Balaban J connectivity index is 2.07. The smallest absolute Gasteiger partial charge is 0.239 e. The summed E-state index contributed by atoms with van der Waals surface area (Å²) in [5.74, 6) is 6.22. The third-order valence-electron chi connectivity index (χ3n) is 2.84. The molecular formula is C10H15ClN6O. The standard InChI is InChI=1S/C10H15ClN6O/c1-17-5-6(2-3-8(17)18)14-9-7(11)4-13-10(15-9)16-12/h4,6H,2-3,5,12H2,1H3,(H2,13,14,15,16). The summed E-state index contributed by atoms with van der Waals surface area (Å²) in [6.07, 6.45) is 2.76. The molecule has 0 saturated carbocycles. The number of carbonyl (C=O) groups excluding carboxylic acids is 1. The van der Waals surface area contributed by atoms with Crippen LogP contribution in [0.2, 0.25) is 5.02 Å². The number of halogens is 1. The molecule has 1 atom stereocenters. The number of rotatable bonds is 3. The second kappa shape index (κ2) is 5.36. The van der Waals surface area contributed by atoms with E-state index in [4.69, 9.17) is 17.4 Å². The number of nitrogens with one attached hydrogen (secondary N) is 2. The van der Waals surface area contributed by atoms with Crippen molar-refractivity contribution in [3.8, 4) is 0 Å². The molecule has 1 aromatic heterocycles. The maximum absolute atomic E-state index is 11.4. The number of carbonyl (C=O) groups is 1. The predicted molar refractivity (Wildman–Crippen MR) is 69.1 cm³/mol. The van der Waals surface area contributed by atoms with Crippen molar-refractivity contribution in [1.82, 2.24) is 14.9 Å². The molecule has 1 aromatic rings. The number of amides is 1. The van der Waals surface area contributed by atoms with E-state index >= 15 is 0 Å². The van der Waals surface area contributed by atoms with Gasteiger partial charge in [0, 0.05) is 26.1 Å². The second-order valence-electron chi connectivity index (χ2n) is 4.19. The van der Waals surface area contributed by atoms with Crippen molar-refractivity contribution in [1.29, 1.82) is 0 Å². The molecule has 0 aromatic carbocycles. The van der Waals surface area contributed by atoms with E-state index in [9.17, 15) is 4.79 Å². The van der Waals surface area contributed by atoms with Crippen LogP contribution in [0.1, 0.15) is 12.8 Å². The van der Waals surface area contributed by atoms with Crippen molar-refractivity contribution >= 4 is 29.3 Å². The zero-order valence-corrected chi connectivity index (χ0v) is 10.7. The summed E-state index contributed by atoms with van der Waals surface area (Å²) >= 11 is 6.00. The molecule has 18 heavy (non-hydrogen) atoms. The topological polar surface area (TPSA) is 96.2 Å². The molecule has 7 nitrogen and oxygen atoms in total. The molecule has 1 saturated heterocycles. The zero-order valence-electron chi connectivity index (χ0n) is 9.98. The van der Waals surface area contributed by atoms with Crippen LogP contribution in [-0.4, -0.2) is 40.4 Å². The molecule has 1 unspecified atom stereocenters. The summed E-state index contributed by atoms with van der Waals surface area (Å²) in [6, 6.07) is 0.130. The number of likely N-dealkylation sites (N-methyl/N-ethyl adjacent to an activating group) is 1. The van der Waals surface area contributed by atoms with Gasteiger partial charge < -0.3 is 10.2 Å². The first-order valence-electron chi connectivity index (χ1n) is 5.60. The van der Waals surface area contributed by atoms with Crippen LogP contribution in [0.15, 0.2) is 6.20 Å². The van der Waals surface area contributed by atoms with E-state index < -0.39 is 0 Å². The lowest BCUT2D eigenvalue weighted by atomic mass is 10.1. The van der Waals surface area contributed by atoms with Crippen LogP contribution in [-0.2, 0) is 4.79 Å². The van der Waals surface area contributed by atoms with Crippen LogP contribution < -0.4 is 16.6 Å². The lowest BCUT2D eigenvalue weighted by Gasteiger charge is -2.30. The van der Waals surface area contributed by atoms with E-state index in [1.165, 1.54) is 6.20 Å². The minimum absolute atomic E-state index is 0.130. The Morgan fingerprint density at radius 1 is 1.61 bits per heavy atom. The van der Waals surface area contributed by atoms with Crippen LogP contribution in [0.4, 0.5) is 11.8 Å². The Morgan fingerprint density at radius 2 is 2.39 bits per heavy atom. The molecule has 1 aliphatic heterocycles. The number of piperidine rings is 1. The molecule has 98 valence electrons. The average molecular weight is 271 g/mol. The Morgan fingerprint density at radius 3 is 3.06 bits per heavy atom. The van der Waals surface area contributed by atoms with Crippen LogP contribution in [0.3, 0.4) is 0 Å². The Bertz CT molecular complexity index is 454. The van der Waals surface area contributed by atoms with E-state index in [-0.39, 0.29) is 11.9 Å². The number of nitrogen functional groups attached to an aromatic ring is 1. The lowest BCUT2D eigenvalue weighted by molar-refractivity contribution is -0.132. The minimum atomic E-state index is 0.130. The minimum Gasteiger partial charge on any atom is -0.364 e. The summed E-state index contributed by atoms with van der Waals surface area (Å²) in [5.41, 5.74) is 2.36. The largest absolute Gasteiger partial charge is 0.364 e. The fourth-order valence-electron chi connectivity index (χ4n) is 1.86. The van der Waals surface area contributed by atoms with Crippen molar-refractivity contribution in [3.05, 3.63) is 11.2 Å². The van der Waals surface area contributed by atoms with Crippen molar-refractivity contribution in [2.75, 3.05) is 24.3 Å². The molecule has 0 aliphatic carbocycles. The van der Waals surface area contributed by atoms with Crippen LogP contribution in [0.25, 0.3) is 0 Å². The predicted octanol–water partition coefficient (Wildman–Crippen LogP) is 0.448. The van der Waals surface area contributed by atoms with Gasteiger partial charge in [0.1, 0.15) is 5.02 Å². The van der Waals surface area contributed by atoms with Crippen molar-refractivity contribution in [2.45, 2.75) is 18.9 Å². The van der Waals surface area contributed by atoms with Crippen molar-refractivity contribution < 1.29 is 4.79 Å². The highest BCUT2D eigenvalue weighted by atomic mass is 35.5. The molecule has 2 heterocycles. The fraction of sp³-hybridized carbons (Fsp3) is 0.500. The lowest BCUT2D eigenvalue weighted by Crippen LogP contribution is -2.43. The van der Waals surface area contributed by atoms with Gasteiger partial charge in [-0.3, -0.25) is 10.2 Å². The Labute approximate surface area is 110 Å². The van der Waals surface area contributed by atoms with Crippen LogP contribution in [0, 0.1) is 0 Å². The highest BCUT2D eigenvalue weighted by Crippen LogP contribution is 2.22. The van der Waals surface area contributed by atoms with Crippen LogP contribution in [0.5, 0.6) is 0 Å². The van der Waals surface area contributed by atoms with Gasteiger partial charge in [0.05, 0.1) is 6.20 Å². The third-order valence-corrected chi connectivity index (χ3v) is 3.12. The van der Waals surface area contributed by atoms with Gasteiger partial charge in [-0.05, 0) is 6.42 Å². The van der Waals surface area contributed by atoms with Gasteiger partial charge in [-0.15, -0.1) is 0 Å². The number of hydrazine groups is 1. The number of hydrogen-bond acceptors (Lipinski definition) is 6. The second-order valence-corrected chi connectivity index (χ2v) is 4.60. The summed E-state index contributed by atoms with van der Waals surface area (Å²) in [5, 5.41) is 3.63. The molecule has 8 heteroatoms. The van der Waals surface area contributed by atoms with E-state index in [0.29, 0.717) is 29.8 Å². The molecule has 4 N–H and O–H groups in total. The van der Waals surface area contributed by atoms with E-state index in [1.54, 1.807) is 11.9 Å². The normalized spacial score (nSPS) is 19.8. The first kappa shape index (κ1) is 12.8. The zero-order chi connectivity index (χ0) is 13.1. The van der Waals surface area contributed by atoms with Gasteiger partial charge in [-0.2, -0.15) is 4.98 Å². The first-order chi connectivity index (χ1) is 8.60. The van der Waals surface area contributed by atoms with Crippen LogP contribution >= 0.6 is 11.6 Å². The van der Waals surface area contributed by atoms with Gasteiger partial charge >= 0.3 is 0 Å². The SMILES string of the molecule is CN1CC(Nc2nc(NN)ncc2Cl)CCC1=O. The summed E-state index contributed by atoms with van der Waals surface area (Å²) in [7, 11) is 1.78. The monoisotopic (exact) mass is 270 g/mol. The van der Waals surface area contributed by atoms with Gasteiger partial charge in [0.25, 0.3) is 0 Å². The first-order valence-corrected chi connectivity index (χ1v) is 5.97. The third kappa shape index (κ3) is 2.80. The van der Waals surface area contributed by atoms with Crippen molar-refractivity contribution in [2.24, 2.45) is 5.84 Å². The summed E-state index contributed by atoms with van der Waals surface area (Å²) in [4.78, 5) is 21.1. The molecule has 0 radical (unpaired) electrons. The van der Waals surface area contributed by atoms with Crippen molar-refractivity contribution in [3.63, 3.8) is 0 Å². The maximum atomic E-state index is 11.4. The summed E-state index contributed by atoms with van der Waals surface area (Å²) in [6.45, 7) is 0.630. The highest BCUT2D eigenvalue weighted by Gasteiger charge is 2.23. The molecule has 1 fully saturated rings. The van der Waals surface area contributed by atoms with Gasteiger partial charge in [0.15, 0.2) is 5.82 Å². The quantitative estimate of drug-likeness (QED) is 0.545. The number of anilines is 2. The molecule has 1 amide bonds. The molecule has 0 bridgehead atoms. The number of likely N-dealkylation sites (tertiary alicyclic amines) is 1. The summed E-state index contributed by atoms with van der Waals surface area (Å²) < 4.78 is 0. The van der Waals surface area contributed by atoms with E-state index in [1.807, 2.05) is 0 Å². The molecule has 1 aliphatic rings. The van der Waals surface area contributed by atoms with E-state index in [2.05, 4.69) is 20.7 Å². The fourth-order valence-corrected chi connectivity index (χ4v) is 2.01. The Hall–Kier alpha value is -1.60. The number of aromatic nitrogens is 2. The van der Waals surface area contributed by atoms with E-state index in [0.717, 1.165) is 6.42 Å². The molecular weight excluding hydrogens is 256 g/mol. The molecule has 2 rings (SSSR count). The molecule has 0 spiro atoms. The van der Waals surface area contributed by atoms with Gasteiger partial charge in [0.2, 0.25) is 11.9 Å². The number of hydrogen-bond donors (Lipinski definition) is 3. The highest BCUT2D eigenvalue weighted by molar-refractivity contribution is 6.32. The number of nitrogens with zero attached hydrogens (tertiary/aromatic N) is 3. The average Bonchev–Trinajstić information content (AvgIpc) is 2.36. The maximum Gasteiger partial charge on any atom is 0.239 e. The van der Waals surface area contributed by atoms with Gasteiger partial charge in [-0.1, -0.05) is 11.6 Å². The Kier molecular flexibility index (Phi) is 3.83.